The van der Waals surface area contributed by atoms with E-state index in [4.69, 9.17) is 10.2 Å². The highest BCUT2D eigenvalue weighted by atomic mass is 32.2. The summed E-state index contributed by atoms with van der Waals surface area (Å²) in [5.41, 5.74) is 0. The first-order chi connectivity index (χ1) is 6.00. The van der Waals surface area contributed by atoms with Crippen molar-refractivity contribution in [1.29, 1.82) is 0 Å². The van der Waals surface area contributed by atoms with Crippen molar-refractivity contribution >= 4 is 17.7 Å². The lowest BCUT2D eigenvalue weighted by atomic mass is 9.81. The number of carboxylic acids is 1. The average Bonchev–Trinajstić information content (AvgIpc) is 2.00. The Bertz CT molecular complexity index is 199. The van der Waals surface area contributed by atoms with Gasteiger partial charge in [-0.1, -0.05) is 13.8 Å². The molecule has 0 heterocycles. The predicted molar refractivity (Wildman–Crippen MR) is 53.0 cm³/mol. The van der Waals surface area contributed by atoms with E-state index in [0.29, 0.717) is 18.1 Å². The van der Waals surface area contributed by atoms with Crippen molar-refractivity contribution in [3.05, 3.63) is 0 Å². The molecule has 1 fully saturated rings. The monoisotopic (exact) mass is 204 g/mol. The molecule has 0 amide bonds. The smallest absolute Gasteiger partial charge is 0.319 e. The van der Waals surface area contributed by atoms with Gasteiger partial charge >= 0.3 is 5.97 Å². The van der Waals surface area contributed by atoms with Crippen LogP contribution in [-0.4, -0.2) is 32.3 Å². The molecule has 2 N–H and O–H groups in total. The van der Waals surface area contributed by atoms with Gasteiger partial charge < -0.3 is 10.2 Å². The molecule has 0 aromatic carbocycles. The van der Waals surface area contributed by atoms with Crippen LogP contribution in [0.3, 0.4) is 0 Å². The number of aliphatic carboxylic acids is 1. The van der Waals surface area contributed by atoms with Gasteiger partial charge in [-0.3, -0.25) is 4.79 Å². The first kappa shape index (κ1) is 10.9. The number of hydrogen-bond acceptors (Lipinski definition) is 3. The molecule has 0 bridgehead atoms. The molecule has 13 heavy (non-hydrogen) atoms. The standard InChI is InChI=1S/C9H16O3S/c1-3-6(2)13-9(8(11)12)4-7(10)5-9/h6-7,10H,3-5H2,1-2H3,(H,11,12). The van der Waals surface area contributed by atoms with Gasteiger partial charge in [0.1, 0.15) is 4.75 Å². The zero-order chi connectivity index (χ0) is 10.1. The minimum atomic E-state index is -0.775. The third kappa shape index (κ3) is 2.17. The van der Waals surface area contributed by atoms with Gasteiger partial charge in [-0.15, -0.1) is 11.8 Å². The molecule has 76 valence electrons. The molecule has 0 aliphatic heterocycles. The minimum Gasteiger partial charge on any atom is -0.480 e. The molecule has 1 unspecified atom stereocenters. The Morgan fingerprint density at radius 2 is 2.23 bits per heavy atom. The Morgan fingerprint density at radius 1 is 1.69 bits per heavy atom. The predicted octanol–water partition coefficient (Wildman–Crippen LogP) is 1.50. The summed E-state index contributed by atoms with van der Waals surface area (Å²) in [5.74, 6) is -0.775. The van der Waals surface area contributed by atoms with E-state index in [-0.39, 0.29) is 0 Å². The Labute approximate surface area is 82.5 Å². The summed E-state index contributed by atoms with van der Waals surface area (Å²) < 4.78 is -0.700. The van der Waals surface area contributed by atoms with Crippen LogP contribution in [0.15, 0.2) is 0 Å². The fraction of sp³-hybridized carbons (Fsp3) is 0.889. The lowest BCUT2D eigenvalue weighted by Crippen LogP contribution is -2.51. The minimum absolute atomic E-state index is 0.351. The molecule has 1 aliphatic rings. The van der Waals surface area contributed by atoms with E-state index >= 15 is 0 Å². The summed E-state index contributed by atoms with van der Waals surface area (Å²) >= 11 is 1.49. The molecule has 0 spiro atoms. The molecule has 3 nitrogen and oxygen atoms in total. The van der Waals surface area contributed by atoms with Crippen LogP contribution in [0.1, 0.15) is 33.1 Å². The SMILES string of the molecule is CCC(C)SC1(C(=O)O)CC(O)C1. The Morgan fingerprint density at radius 3 is 2.54 bits per heavy atom. The summed E-state index contributed by atoms with van der Waals surface area (Å²) in [6.45, 7) is 4.07. The van der Waals surface area contributed by atoms with Gasteiger partial charge in [0.25, 0.3) is 0 Å². The molecule has 1 rings (SSSR count). The third-order valence-electron chi connectivity index (χ3n) is 2.52. The van der Waals surface area contributed by atoms with Gasteiger partial charge in [-0.25, -0.2) is 0 Å². The number of carboxylic acid groups (broad SMARTS) is 1. The van der Waals surface area contributed by atoms with Crippen molar-refractivity contribution in [3.8, 4) is 0 Å². The largest absolute Gasteiger partial charge is 0.480 e. The molecule has 1 saturated carbocycles. The first-order valence-corrected chi connectivity index (χ1v) is 5.47. The highest BCUT2D eigenvalue weighted by molar-refractivity contribution is 8.02. The van der Waals surface area contributed by atoms with Gasteiger partial charge in [0.15, 0.2) is 0 Å². The van der Waals surface area contributed by atoms with Crippen molar-refractivity contribution in [2.75, 3.05) is 0 Å². The van der Waals surface area contributed by atoms with Crippen LogP contribution in [-0.2, 0) is 4.79 Å². The van der Waals surface area contributed by atoms with Crippen LogP contribution >= 0.6 is 11.8 Å². The molecule has 1 atom stereocenters. The average molecular weight is 204 g/mol. The van der Waals surface area contributed by atoms with E-state index in [1.165, 1.54) is 11.8 Å². The van der Waals surface area contributed by atoms with Crippen LogP contribution in [0.4, 0.5) is 0 Å². The molecular formula is C9H16O3S. The summed E-state index contributed by atoms with van der Waals surface area (Å²) in [6, 6.07) is 0. The van der Waals surface area contributed by atoms with Crippen LogP contribution in [0.5, 0.6) is 0 Å². The number of aliphatic hydroxyl groups excluding tert-OH is 1. The fourth-order valence-electron chi connectivity index (χ4n) is 1.49. The molecule has 0 saturated heterocycles. The van der Waals surface area contributed by atoms with Gasteiger partial charge in [0.2, 0.25) is 0 Å². The number of rotatable bonds is 4. The lowest BCUT2D eigenvalue weighted by molar-refractivity contribution is -0.145. The second-order valence-electron chi connectivity index (χ2n) is 3.70. The zero-order valence-corrected chi connectivity index (χ0v) is 8.80. The molecular weight excluding hydrogens is 188 g/mol. The molecule has 0 radical (unpaired) electrons. The second-order valence-corrected chi connectivity index (χ2v) is 5.52. The van der Waals surface area contributed by atoms with E-state index in [0.717, 1.165) is 6.42 Å². The summed E-state index contributed by atoms with van der Waals surface area (Å²) in [4.78, 5) is 11.0. The van der Waals surface area contributed by atoms with E-state index in [2.05, 4.69) is 0 Å². The Kier molecular flexibility index (Phi) is 3.24. The quantitative estimate of drug-likeness (QED) is 0.728. The van der Waals surface area contributed by atoms with Crippen LogP contribution in [0, 0.1) is 0 Å². The maximum absolute atomic E-state index is 11.0. The van der Waals surface area contributed by atoms with Crippen LogP contribution < -0.4 is 0 Å². The van der Waals surface area contributed by atoms with E-state index < -0.39 is 16.8 Å². The number of thioether (sulfide) groups is 1. The van der Waals surface area contributed by atoms with Crippen molar-refractivity contribution in [2.24, 2.45) is 0 Å². The van der Waals surface area contributed by atoms with Crippen molar-refractivity contribution in [3.63, 3.8) is 0 Å². The molecule has 4 heteroatoms. The third-order valence-corrected chi connectivity index (χ3v) is 4.22. The van der Waals surface area contributed by atoms with Gasteiger partial charge in [0.05, 0.1) is 6.10 Å². The topological polar surface area (TPSA) is 57.5 Å². The number of aliphatic hydroxyl groups is 1. The highest BCUT2D eigenvalue weighted by Gasteiger charge is 2.51. The Hall–Kier alpha value is -0.220. The van der Waals surface area contributed by atoms with Crippen molar-refractivity contribution in [2.45, 2.75) is 49.2 Å². The summed E-state index contributed by atoms with van der Waals surface area (Å²) in [6.07, 6.45) is 1.36. The number of hydrogen-bond donors (Lipinski definition) is 2. The van der Waals surface area contributed by atoms with Crippen LogP contribution in [0.2, 0.25) is 0 Å². The van der Waals surface area contributed by atoms with Gasteiger partial charge in [-0.2, -0.15) is 0 Å². The van der Waals surface area contributed by atoms with E-state index in [1.807, 2.05) is 13.8 Å². The molecule has 0 aromatic rings. The Balaban J connectivity index is 2.55. The van der Waals surface area contributed by atoms with E-state index in [9.17, 15) is 4.79 Å². The second kappa shape index (κ2) is 3.88. The molecule has 0 aromatic heterocycles. The van der Waals surface area contributed by atoms with Gasteiger partial charge in [0, 0.05) is 5.25 Å². The molecule has 1 aliphatic carbocycles. The number of carbonyl (C=O) groups is 1. The maximum Gasteiger partial charge on any atom is 0.319 e. The van der Waals surface area contributed by atoms with E-state index in [1.54, 1.807) is 0 Å². The zero-order valence-electron chi connectivity index (χ0n) is 7.99. The normalized spacial score (nSPS) is 35.2. The highest BCUT2D eigenvalue weighted by Crippen LogP contribution is 2.46. The van der Waals surface area contributed by atoms with Crippen molar-refractivity contribution in [1.82, 2.24) is 0 Å². The van der Waals surface area contributed by atoms with Crippen LogP contribution in [0.25, 0.3) is 0 Å². The summed E-state index contributed by atoms with van der Waals surface area (Å²) in [5, 5.41) is 18.5. The maximum atomic E-state index is 11.0. The van der Waals surface area contributed by atoms with Crippen molar-refractivity contribution < 1.29 is 15.0 Å². The van der Waals surface area contributed by atoms with Gasteiger partial charge in [-0.05, 0) is 19.3 Å². The summed E-state index contributed by atoms with van der Waals surface area (Å²) in [7, 11) is 0. The first-order valence-electron chi connectivity index (χ1n) is 4.59. The fourth-order valence-corrected chi connectivity index (χ4v) is 3.11. The lowest BCUT2D eigenvalue weighted by Gasteiger charge is -2.42.